The van der Waals surface area contributed by atoms with Crippen molar-refractivity contribution in [2.24, 2.45) is 0 Å². The second-order valence-corrected chi connectivity index (χ2v) is 10.7. The highest BCUT2D eigenvalue weighted by Gasteiger charge is 2.29. The zero-order valence-electron chi connectivity index (χ0n) is 24.4. The van der Waals surface area contributed by atoms with Gasteiger partial charge in [0.2, 0.25) is 5.95 Å². The van der Waals surface area contributed by atoms with Crippen molar-refractivity contribution in [3.8, 4) is 17.4 Å². The Morgan fingerprint density at radius 1 is 1.02 bits per heavy atom. The van der Waals surface area contributed by atoms with Crippen LogP contribution in [0.4, 0.5) is 11.5 Å². The molecule has 1 unspecified atom stereocenters. The van der Waals surface area contributed by atoms with Crippen molar-refractivity contribution in [2.45, 2.75) is 45.4 Å². The smallest absolute Gasteiger partial charge is 0.278 e. The first-order chi connectivity index (χ1) is 20.9. The Balaban J connectivity index is 1.56. The molecule has 10 heteroatoms. The molecule has 0 spiro atoms. The molecule has 1 N–H and O–H groups in total. The maximum Gasteiger partial charge on any atom is 0.278 e. The van der Waals surface area contributed by atoms with E-state index >= 15 is 0 Å². The Morgan fingerprint density at radius 3 is 2.58 bits per heavy atom. The van der Waals surface area contributed by atoms with Crippen LogP contribution in [0.5, 0.6) is 11.5 Å². The molecule has 2 aromatic heterocycles. The van der Waals surface area contributed by atoms with Crippen LogP contribution in [0.3, 0.4) is 0 Å². The number of aromatic nitrogens is 3. The van der Waals surface area contributed by atoms with Gasteiger partial charge in [-0.3, -0.25) is 14.7 Å². The van der Waals surface area contributed by atoms with Crippen molar-refractivity contribution < 1.29 is 19.5 Å². The number of anilines is 1. The molecule has 0 bridgehead atoms. The average molecular weight is 580 g/mol. The number of non-ortho nitro benzene ring substituents is 1. The van der Waals surface area contributed by atoms with E-state index in [0.29, 0.717) is 59.4 Å². The highest BCUT2D eigenvalue weighted by atomic mass is 16.6. The number of fused-ring (bicyclic) bond motifs is 2. The Hall–Kier alpha value is -4.96. The first-order valence-corrected chi connectivity index (χ1v) is 14.2. The summed E-state index contributed by atoms with van der Waals surface area (Å²) in [5, 5.41) is 23.5. The van der Waals surface area contributed by atoms with Gasteiger partial charge in [-0.25, -0.2) is 4.98 Å². The van der Waals surface area contributed by atoms with E-state index in [4.69, 9.17) is 19.4 Å². The number of hydrogen-bond donors (Lipinski definition) is 1. The van der Waals surface area contributed by atoms with Crippen LogP contribution in [-0.2, 0) is 19.5 Å². The number of aliphatic hydroxyl groups excluding tert-OH is 1. The van der Waals surface area contributed by atoms with Crippen molar-refractivity contribution in [3.05, 3.63) is 111 Å². The fourth-order valence-electron chi connectivity index (χ4n) is 5.93. The van der Waals surface area contributed by atoms with E-state index in [0.717, 1.165) is 35.2 Å². The minimum atomic E-state index is -0.741. The molecule has 0 radical (unpaired) electrons. The Morgan fingerprint density at radius 2 is 1.84 bits per heavy atom. The predicted molar refractivity (Wildman–Crippen MR) is 164 cm³/mol. The summed E-state index contributed by atoms with van der Waals surface area (Å²) in [7, 11) is 3.26. The molecule has 0 saturated heterocycles. The van der Waals surface area contributed by atoms with Gasteiger partial charge < -0.3 is 19.5 Å². The van der Waals surface area contributed by atoms with E-state index < -0.39 is 6.10 Å². The van der Waals surface area contributed by atoms with Crippen molar-refractivity contribution in [1.29, 1.82) is 0 Å². The van der Waals surface area contributed by atoms with Crippen LogP contribution < -0.4 is 14.4 Å². The van der Waals surface area contributed by atoms with E-state index in [2.05, 4.69) is 17.0 Å². The summed E-state index contributed by atoms with van der Waals surface area (Å²) < 4.78 is 13.0. The maximum absolute atomic E-state index is 11.8. The van der Waals surface area contributed by atoms with Crippen molar-refractivity contribution in [3.63, 3.8) is 0 Å². The quantitative estimate of drug-likeness (QED) is 0.161. The number of methoxy groups -OCH3 is 2. The Kier molecular flexibility index (Phi) is 7.69. The number of ether oxygens (including phenoxy) is 2. The Bertz CT molecular complexity index is 1800. The number of rotatable bonds is 9. The highest BCUT2D eigenvalue weighted by Crippen LogP contribution is 2.38. The fourth-order valence-corrected chi connectivity index (χ4v) is 5.93. The van der Waals surface area contributed by atoms with Gasteiger partial charge in [0.25, 0.3) is 5.69 Å². The number of aliphatic hydroxyl groups is 1. The van der Waals surface area contributed by atoms with Gasteiger partial charge in [0.1, 0.15) is 17.3 Å². The molecule has 2 heterocycles. The molecule has 43 heavy (non-hydrogen) atoms. The normalized spacial score (nSPS) is 14.4. The minimum Gasteiger partial charge on any atom is -0.497 e. The summed E-state index contributed by atoms with van der Waals surface area (Å²) >= 11 is 0. The maximum atomic E-state index is 11.8. The summed E-state index contributed by atoms with van der Waals surface area (Å²) in [5.41, 5.74) is 4.96. The van der Waals surface area contributed by atoms with Crippen LogP contribution in [0.25, 0.3) is 16.9 Å². The molecule has 0 amide bonds. The lowest BCUT2D eigenvalue weighted by Gasteiger charge is -2.31. The van der Waals surface area contributed by atoms with Gasteiger partial charge in [-0.05, 0) is 56.0 Å². The summed E-state index contributed by atoms with van der Waals surface area (Å²) in [5.74, 6) is 2.47. The average Bonchev–Trinajstić information content (AvgIpc) is 3.36. The highest BCUT2D eigenvalue weighted by molar-refractivity contribution is 5.91. The number of benzene rings is 3. The molecule has 1 aliphatic carbocycles. The lowest BCUT2D eigenvalue weighted by Crippen LogP contribution is -2.28. The molecule has 0 aliphatic heterocycles. The number of nitrogens with zero attached hydrogens (tertiary/aromatic N) is 5. The minimum absolute atomic E-state index is 0.0230. The standard InChI is InChI=1S/C33H33N5O5/c1-21-17-26-27(12-8-13-28(26)38(40)41)37(21)33-34-31-25(11-7-14-29(31)39)32(35-33)36(19-22-9-5-4-6-10-22)20-23-15-16-24(42-2)18-30(23)43-3/h4-6,8-10,12-13,15-18,29,39H,7,11,14,19-20H2,1-3H3. The molecule has 10 nitrogen and oxygen atoms in total. The van der Waals surface area contributed by atoms with E-state index in [9.17, 15) is 15.2 Å². The van der Waals surface area contributed by atoms with Gasteiger partial charge >= 0.3 is 0 Å². The lowest BCUT2D eigenvalue weighted by molar-refractivity contribution is -0.383. The largest absolute Gasteiger partial charge is 0.497 e. The van der Waals surface area contributed by atoms with Crippen LogP contribution in [0.2, 0.25) is 0 Å². The monoisotopic (exact) mass is 579 g/mol. The summed E-state index contributed by atoms with van der Waals surface area (Å²) in [6, 6.07) is 22.7. The van der Waals surface area contributed by atoms with Crippen molar-refractivity contribution in [2.75, 3.05) is 19.1 Å². The van der Waals surface area contributed by atoms with Crippen molar-refractivity contribution in [1.82, 2.24) is 14.5 Å². The predicted octanol–water partition coefficient (Wildman–Crippen LogP) is 6.23. The molecule has 220 valence electrons. The second kappa shape index (κ2) is 11.7. The van der Waals surface area contributed by atoms with Crippen molar-refractivity contribution >= 4 is 22.4 Å². The molecule has 3 aromatic carbocycles. The van der Waals surface area contributed by atoms with E-state index in [-0.39, 0.29) is 10.6 Å². The first-order valence-electron chi connectivity index (χ1n) is 14.2. The van der Waals surface area contributed by atoms with Crippen LogP contribution in [-0.4, -0.2) is 38.8 Å². The third-order valence-electron chi connectivity index (χ3n) is 8.00. The van der Waals surface area contributed by atoms with Crippen LogP contribution in [0.1, 0.15) is 47.0 Å². The number of aryl methyl sites for hydroxylation is 1. The summed E-state index contributed by atoms with van der Waals surface area (Å²) in [6.45, 7) is 2.90. The zero-order chi connectivity index (χ0) is 30.1. The van der Waals surface area contributed by atoms with E-state index in [1.165, 1.54) is 6.07 Å². The number of nitro benzene ring substituents is 1. The van der Waals surface area contributed by atoms with Gasteiger partial charge in [-0.2, -0.15) is 4.98 Å². The van der Waals surface area contributed by atoms with Crippen LogP contribution >= 0.6 is 0 Å². The first kappa shape index (κ1) is 28.2. The number of nitro groups is 1. The topological polar surface area (TPSA) is 116 Å². The molecule has 0 saturated carbocycles. The number of hydrogen-bond acceptors (Lipinski definition) is 8. The molecule has 0 fully saturated rings. The third-order valence-corrected chi connectivity index (χ3v) is 8.00. The van der Waals surface area contributed by atoms with Gasteiger partial charge in [-0.1, -0.05) is 36.4 Å². The van der Waals surface area contributed by atoms with Gasteiger partial charge in [0, 0.05) is 42.0 Å². The fraction of sp³-hybridized carbons (Fsp3) is 0.273. The van der Waals surface area contributed by atoms with Gasteiger partial charge in [-0.15, -0.1) is 0 Å². The second-order valence-electron chi connectivity index (χ2n) is 10.7. The Labute approximate surface area is 249 Å². The lowest BCUT2D eigenvalue weighted by atomic mass is 9.93. The SMILES string of the molecule is COc1ccc(CN(Cc2ccccc2)c2nc(-n3c(C)cc4c([N+](=O)[O-])cccc43)nc3c2CCCC3O)c(OC)c1. The third kappa shape index (κ3) is 5.37. The molecule has 5 aromatic rings. The van der Waals surface area contributed by atoms with Crippen LogP contribution in [0, 0.1) is 17.0 Å². The molecule has 1 atom stereocenters. The summed E-state index contributed by atoms with van der Waals surface area (Å²) in [6.07, 6.45) is 1.40. The van der Waals surface area contributed by atoms with E-state index in [1.807, 2.05) is 54.0 Å². The van der Waals surface area contributed by atoms with Crippen LogP contribution in [0.15, 0.2) is 72.8 Å². The van der Waals surface area contributed by atoms with Gasteiger partial charge in [0.15, 0.2) is 0 Å². The molecule has 1 aliphatic rings. The van der Waals surface area contributed by atoms with Gasteiger partial charge in [0.05, 0.1) is 41.8 Å². The zero-order valence-corrected chi connectivity index (χ0v) is 24.4. The molecular formula is C33H33N5O5. The van der Waals surface area contributed by atoms with E-state index in [1.54, 1.807) is 26.4 Å². The molecular weight excluding hydrogens is 546 g/mol. The summed E-state index contributed by atoms with van der Waals surface area (Å²) in [4.78, 5) is 23.7. The molecule has 6 rings (SSSR count).